The number of aliphatic hydroxyl groups is 1. The minimum absolute atomic E-state index is 0. The standard InChI is InChI=1S/C10H11F2O.CH3.Mn/c1-9(2,13)10(11,12)8-6-4-3-5-7-8;;/h3-4,6-7,13H,1-2H3;1H3;/q2*-1;+2. The molecule has 4 heteroatoms. The molecule has 0 aliphatic carbocycles. The summed E-state index contributed by atoms with van der Waals surface area (Å²) < 4.78 is 26.8. The quantitative estimate of drug-likeness (QED) is 0.636. The van der Waals surface area contributed by atoms with Crippen molar-refractivity contribution in [3.63, 3.8) is 0 Å². The zero-order valence-corrected chi connectivity index (χ0v) is 10.1. The van der Waals surface area contributed by atoms with Gasteiger partial charge in [0, 0.05) is 0 Å². The molecule has 1 aromatic carbocycles. The molecule has 0 aliphatic rings. The summed E-state index contributed by atoms with van der Waals surface area (Å²) >= 11 is 0. The van der Waals surface area contributed by atoms with E-state index in [1.807, 2.05) is 0 Å². The fourth-order valence-electron chi connectivity index (χ4n) is 0.942. The van der Waals surface area contributed by atoms with Gasteiger partial charge in [-0.25, -0.2) is 8.78 Å². The molecule has 1 N–H and O–H groups in total. The number of rotatable bonds is 2. The largest absolute Gasteiger partial charge is 2.00 e. The number of alkyl halides is 2. The first-order valence-electron chi connectivity index (χ1n) is 3.92. The van der Waals surface area contributed by atoms with Crippen LogP contribution in [0.1, 0.15) is 19.4 Å². The summed E-state index contributed by atoms with van der Waals surface area (Å²) in [6.45, 7) is 2.17. The molecule has 0 atom stereocenters. The maximum atomic E-state index is 13.4. The molecule has 1 radical (unpaired) electrons. The van der Waals surface area contributed by atoms with Crippen LogP contribution < -0.4 is 0 Å². The first-order chi connectivity index (χ1) is 5.86. The average Bonchev–Trinajstić information content (AvgIpc) is 2.04. The fourth-order valence-corrected chi connectivity index (χ4v) is 0.942. The Kier molecular flexibility index (Phi) is 6.33. The van der Waals surface area contributed by atoms with Gasteiger partial charge in [0.15, 0.2) is 0 Å². The molecule has 1 rings (SSSR count). The SMILES string of the molecule is CC(C)(O)C(F)(F)c1c[c-]ccc1.[CH3-].[Mn+2]. The third-order valence-electron chi connectivity index (χ3n) is 1.84. The molecule has 0 aromatic heterocycles. The van der Waals surface area contributed by atoms with Gasteiger partial charge in [-0.05, 0) is 13.8 Å². The van der Waals surface area contributed by atoms with Crippen molar-refractivity contribution in [2.75, 3.05) is 0 Å². The van der Waals surface area contributed by atoms with Crippen molar-refractivity contribution in [1.82, 2.24) is 0 Å². The van der Waals surface area contributed by atoms with Gasteiger partial charge >= 0.3 is 17.1 Å². The Morgan fingerprint density at radius 1 is 1.33 bits per heavy atom. The Morgan fingerprint density at radius 2 is 1.87 bits per heavy atom. The molecule has 1 nitrogen and oxygen atoms in total. The predicted molar refractivity (Wildman–Crippen MR) is 51.9 cm³/mol. The Bertz CT molecular complexity index is 280. The van der Waals surface area contributed by atoms with Crippen molar-refractivity contribution >= 4 is 0 Å². The van der Waals surface area contributed by atoms with E-state index in [9.17, 15) is 13.9 Å². The molecule has 0 spiro atoms. The molecule has 0 saturated heterocycles. The van der Waals surface area contributed by atoms with Crippen LogP contribution in [-0.2, 0) is 23.0 Å². The molecule has 85 valence electrons. The topological polar surface area (TPSA) is 20.2 Å². The summed E-state index contributed by atoms with van der Waals surface area (Å²) in [6, 6.07) is 8.00. The minimum atomic E-state index is -3.25. The van der Waals surface area contributed by atoms with E-state index < -0.39 is 11.5 Å². The van der Waals surface area contributed by atoms with Gasteiger partial charge in [0.05, 0.1) is 0 Å². The van der Waals surface area contributed by atoms with E-state index in [-0.39, 0.29) is 30.1 Å². The number of benzene rings is 1. The summed E-state index contributed by atoms with van der Waals surface area (Å²) in [7, 11) is 0. The van der Waals surface area contributed by atoms with Gasteiger partial charge in [-0.2, -0.15) is 30.3 Å². The van der Waals surface area contributed by atoms with Crippen LogP contribution in [0.25, 0.3) is 0 Å². The molecular weight excluding hydrogens is 241 g/mol. The van der Waals surface area contributed by atoms with E-state index in [1.54, 1.807) is 0 Å². The third kappa shape index (κ3) is 3.56. The molecule has 15 heavy (non-hydrogen) atoms. The monoisotopic (exact) mass is 255 g/mol. The van der Waals surface area contributed by atoms with E-state index in [2.05, 4.69) is 6.07 Å². The Labute approximate surface area is 100.0 Å². The first-order valence-corrected chi connectivity index (χ1v) is 3.92. The zero-order chi connectivity index (χ0) is 10.1. The molecule has 0 heterocycles. The molecule has 0 aliphatic heterocycles. The Hall–Kier alpha value is -0.441. The van der Waals surface area contributed by atoms with Crippen LogP contribution >= 0.6 is 0 Å². The van der Waals surface area contributed by atoms with Crippen molar-refractivity contribution in [3.05, 3.63) is 43.3 Å². The van der Waals surface area contributed by atoms with Crippen molar-refractivity contribution in [3.8, 4) is 0 Å². The predicted octanol–water partition coefficient (Wildman–Crippen LogP) is 2.80. The maximum absolute atomic E-state index is 13.4. The van der Waals surface area contributed by atoms with Crippen LogP contribution in [0.3, 0.4) is 0 Å². The van der Waals surface area contributed by atoms with Crippen molar-refractivity contribution in [2.45, 2.75) is 25.4 Å². The van der Waals surface area contributed by atoms with Gasteiger partial charge in [0.2, 0.25) is 0 Å². The third-order valence-corrected chi connectivity index (χ3v) is 1.84. The molecule has 0 bridgehead atoms. The number of hydrogen-bond donors (Lipinski definition) is 1. The van der Waals surface area contributed by atoms with E-state index in [0.29, 0.717) is 0 Å². The van der Waals surface area contributed by atoms with Gasteiger partial charge in [-0.3, -0.25) is 0 Å². The van der Waals surface area contributed by atoms with Crippen LogP contribution in [0.15, 0.2) is 24.3 Å². The average molecular weight is 255 g/mol. The van der Waals surface area contributed by atoms with Crippen LogP contribution in [0, 0.1) is 13.5 Å². The van der Waals surface area contributed by atoms with Gasteiger partial charge in [0.1, 0.15) is 5.60 Å². The Morgan fingerprint density at radius 3 is 2.20 bits per heavy atom. The molecular formula is C11H14F2MnO. The second-order valence-electron chi connectivity index (χ2n) is 3.43. The molecule has 0 saturated carbocycles. The van der Waals surface area contributed by atoms with E-state index in [0.717, 1.165) is 13.8 Å². The van der Waals surface area contributed by atoms with Crippen LogP contribution in [0.5, 0.6) is 0 Å². The summed E-state index contributed by atoms with van der Waals surface area (Å²) in [4.78, 5) is 0. The van der Waals surface area contributed by atoms with Crippen LogP contribution in [0.2, 0.25) is 0 Å². The molecule has 0 amide bonds. The molecule has 0 unspecified atom stereocenters. The van der Waals surface area contributed by atoms with Gasteiger partial charge in [0.25, 0.3) is 5.92 Å². The molecule has 1 aromatic rings. The van der Waals surface area contributed by atoms with E-state index in [1.165, 1.54) is 24.3 Å². The van der Waals surface area contributed by atoms with Gasteiger partial charge in [-0.1, -0.05) is 5.56 Å². The summed E-state index contributed by atoms with van der Waals surface area (Å²) in [5.41, 5.74) is -2.27. The summed E-state index contributed by atoms with van der Waals surface area (Å²) in [6.07, 6.45) is 0. The van der Waals surface area contributed by atoms with E-state index in [4.69, 9.17) is 0 Å². The number of halogens is 2. The van der Waals surface area contributed by atoms with Crippen LogP contribution in [-0.4, -0.2) is 10.7 Å². The maximum Gasteiger partial charge on any atom is 2.00 e. The van der Waals surface area contributed by atoms with Crippen molar-refractivity contribution in [1.29, 1.82) is 0 Å². The summed E-state index contributed by atoms with van der Waals surface area (Å²) in [5.74, 6) is -3.25. The van der Waals surface area contributed by atoms with Gasteiger partial charge < -0.3 is 12.5 Å². The smallest absolute Gasteiger partial charge is 0.385 e. The van der Waals surface area contributed by atoms with E-state index >= 15 is 0 Å². The fraction of sp³-hybridized carbons (Fsp3) is 0.364. The Balaban J connectivity index is 0. The second-order valence-corrected chi connectivity index (χ2v) is 3.43. The number of hydrogen-bond acceptors (Lipinski definition) is 1. The zero-order valence-electron chi connectivity index (χ0n) is 8.89. The minimum Gasteiger partial charge on any atom is -0.385 e. The van der Waals surface area contributed by atoms with Crippen molar-refractivity contribution in [2.24, 2.45) is 0 Å². The second kappa shape index (κ2) is 5.59. The summed E-state index contributed by atoms with van der Waals surface area (Å²) in [5, 5.41) is 9.23. The van der Waals surface area contributed by atoms with Gasteiger partial charge in [-0.15, -0.1) is 0 Å². The first kappa shape index (κ1) is 17.0. The molecule has 0 fully saturated rings. The van der Waals surface area contributed by atoms with Crippen molar-refractivity contribution < 1.29 is 31.0 Å². The normalized spacial score (nSPS) is 11.3. The van der Waals surface area contributed by atoms with Crippen LogP contribution in [0.4, 0.5) is 8.78 Å².